The number of H-pyrrole nitrogens is 1. The number of ether oxygens (including phenoxy) is 1. The van der Waals surface area contributed by atoms with Gasteiger partial charge in [0.05, 0.1) is 30.2 Å². The van der Waals surface area contributed by atoms with Gasteiger partial charge in [-0.25, -0.2) is 4.98 Å². The molecule has 4 aromatic rings. The Labute approximate surface area is 180 Å². The van der Waals surface area contributed by atoms with Crippen molar-refractivity contribution >= 4 is 39.3 Å². The highest BCUT2D eigenvalue weighted by atomic mass is 32.2. The Kier molecular flexibility index (Phi) is 5.28. The first-order valence-corrected chi connectivity index (χ1v) is 11.5. The van der Waals surface area contributed by atoms with Crippen molar-refractivity contribution in [1.82, 2.24) is 24.7 Å². The molecule has 0 radical (unpaired) electrons. The van der Waals surface area contributed by atoms with Gasteiger partial charge in [-0.1, -0.05) is 29.5 Å². The van der Waals surface area contributed by atoms with Crippen molar-refractivity contribution in [2.24, 2.45) is 0 Å². The molecule has 5 rings (SSSR count). The van der Waals surface area contributed by atoms with Crippen LogP contribution in [-0.2, 0) is 10.5 Å². The molecule has 1 fully saturated rings. The lowest BCUT2D eigenvalue weighted by Crippen LogP contribution is -2.37. The van der Waals surface area contributed by atoms with E-state index in [1.807, 2.05) is 11.4 Å². The van der Waals surface area contributed by atoms with Crippen LogP contribution in [0, 0.1) is 6.92 Å². The summed E-state index contributed by atoms with van der Waals surface area (Å²) < 4.78 is 8.21. The number of hydrogen-bond acceptors (Lipinski definition) is 8. The van der Waals surface area contributed by atoms with Gasteiger partial charge in [0.2, 0.25) is 5.95 Å². The SMILES string of the molecule is Cc1ccc(-n2c(SCc3nc4ccsc4c(=O)[nH]3)nnc2N2CCOCC2)cc1. The number of rotatable bonds is 5. The van der Waals surface area contributed by atoms with Crippen molar-refractivity contribution in [2.75, 3.05) is 31.2 Å². The number of benzene rings is 1. The summed E-state index contributed by atoms with van der Waals surface area (Å²) in [5.41, 5.74) is 2.83. The number of aromatic amines is 1. The molecule has 1 N–H and O–H groups in total. The Morgan fingerprint density at radius 2 is 1.97 bits per heavy atom. The molecule has 0 bridgehead atoms. The number of anilines is 1. The second-order valence-electron chi connectivity index (χ2n) is 6.99. The minimum absolute atomic E-state index is 0.0976. The minimum Gasteiger partial charge on any atom is -0.378 e. The first-order chi connectivity index (χ1) is 14.7. The summed E-state index contributed by atoms with van der Waals surface area (Å²) in [5.74, 6) is 1.93. The third-order valence-corrected chi connectivity index (χ3v) is 6.75. The highest BCUT2D eigenvalue weighted by Crippen LogP contribution is 2.29. The van der Waals surface area contributed by atoms with Gasteiger partial charge in [-0.2, -0.15) is 0 Å². The maximum absolute atomic E-state index is 12.3. The lowest BCUT2D eigenvalue weighted by atomic mass is 10.2. The molecule has 0 spiro atoms. The van der Waals surface area contributed by atoms with Gasteiger partial charge >= 0.3 is 0 Å². The van der Waals surface area contributed by atoms with Crippen molar-refractivity contribution in [2.45, 2.75) is 17.8 Å². The van der Waals surface area contributed by atoms with E-state index in [0.29, 0.717) is 29.5 Å². The van der Waals surface area contributed by atoms with Crippen LogP contribution >= 0.6 is 23.1 Å². The Bertz CT molecular complexity index is 1220. The zero-order valence-corrected chi connectivity index (χ0v) is 18.0. The third kappa shape index (κ3) is 3.73. The third-order valence-electron chi connectivity index (χ3n) is 4.90. The van der Waals surface area contributed by atoms with E-state index in [1.54, 1.807) is 0 Å². The summed E-state index contributed by atoms with van der Waals surface area (Å²) in [4.78, 5) is 21.9. The molecule has 1 aliphatic heterocycles. The van der Waals surface area contributed by atoms with Crippen LogP contribution in [0.5, 0.6) is 0 Å². The van der Waals surface area contributed by atoms with E-state index in [-0.39, 0.29) is 5.56 Å². The van der Waals surface area contributed by atoms with E-state index in [2.05, 4.69) is 60.8 Å². The molecule has 1 saturated heterocycles. The highest BCUT2D eigenvalue weighted by Gasteiger charge is 2.22. The molecule has 0 aliphatic carbocycles. The molecule has 1 aliphatic rings. The number of aromatic nitrogens is 5. The number of nitrogens with one attached hydrogen (secondary N) is 1. The number of nitrogens with zero attached hydrogens (tertiary/aromatic N) is 5. The Morgan fingerprint density at radius 1 is 1.17 bits per heavy atom. The summed E-state index contributed by atoms with van der Waals surface area (Å²) in [6.07, 6.45) is 0. The monoisotopic (exact) mass is 440 g/mol. The van der Waals surface area contributed by atoms with Gasteiger partial charge in [-0.3, -0.25) is 9.36 Å². The van der Waals surface area contributed by atoms with Crippen LogP contribution in [0.2, 0.25) is 0 Å². The molecule has 0 saturated carbocycles. The molecule has 30 heavy (non-hydrogen) atoms. The fourth-order valence-electron chi connectivity index (χ4n) is 3.37. The summed E-state index contributed by atoms with van der Waals surface area (Å²) in [6.45, 7) is 4.97. The van der Waals surface area contributed by atoms with E-state index in [9.17, 15) is 4.79 Å². The lowest BCUT2D eigenvalue weighted by Gasteiger charge is -2.27. The number of hydrogen-bond donors (Lipinski definition) is 1. The predicted octanol–water partition coefficient (Wildman–Crippen LogP) is 3.00. The van der Waals surface area contributed by atoms with E-state index in [0.717, 1.165) is 35.4 Å². The van der Waals surface area contributed by atoms with Crippen molar-refractivity contribution in [1.29, 1.82) is 0 Å². The topological polar surface area (TPSA) is 88.9 Å². The molecule has 4 heterocycles. The molecule has 8 nitrogen and oxygen atoms in total. The van der Waals surface area contributed by atoms with Crippen LogP contribution in [0.4, 0.5) is 5.95 Å². The Morgan fingerprint density at radius 3 is 2.77 bits per heavy atom. The molecule has 3 aromatic heterocycles. The van der Waals surface area contributed by atoms with Crippen LogP contribution < -0.4 is 10.5 Å². The number of thioether (sulfide) groups is 1. The van der Waals surface area contributed by atoms with E-state index >= 15 is 0 Å². The quantitative estimate of drug-likeness (QED) is 0.477. The van der Waals surface area contributed by atoms with E-state index in [4.69, 9.17) is 4.74 Å². The van der Waals surface area contributed by atoms with Crippen LogP contribution in [0.1, 0.15) is 11.4 Å². The number of aryl methyl sites for hydroxylation is 1. The fraction of sp³-hybridized carbons (Fsp3) is 0.300. The minimum atomic E-state index is -0.0976. The molecular formula is C20H20N6O2S2. The van der Waals surface area contributed by atoms with Crippen molar-refractivity contribution < 1.29 is 4.74 Å². The zero-order valence-electron chi connectivity index (χ0n) is 16.4. The summed E-state index contributed by atoms with van der Waals surface area (Å²) >= 11 is 2.91. The Balaban J connectivity index is 1.48. The van der Waals surface area contributed by atoms with Crippen LogP contribution in [-0.4, -0.2) is 51.0 Å². The first kappa shape index (κ1) is 19.3. The van der Waals surface area contributed by atoms with Gasteiger partial charge in [0.1, 0.15) is 10.5 Å². The van der Waals surface area contributed by atoms with Gasteiger partial charge < -0.3 is 14.6 Å². The van der Waals surface area contributed by atoms with Gasteiger partial charge in [-0.15, -0.1) is 21.5 Å². The average molecular weight is 441 g/mol. The molecule has 0 unspecified atom stereocenters. The van der Waals surface area contributed by atoms with Crippen molar-refractivity contribution in [3.8, 4) is 5.69 Å². The predicted molar refractivity (Wildman–Crippen MR) is 119 cm³/mol. The fourth-order valence-corrected chi connectivity index (χ4v) is 4.91. The molecule has 0 amide bonds. The zero-order chi connectivity index (χ0) is 20.5. The molecule has 1 aromatic carbocycles. The van der Waals surface area contributed by atoms with Gasteiger partial charge in [0.25, 0.3) is 5.56 Å². The first-order valence-electron chi connectivity index (χ1n) is 9.63. The largest absolute Gasteiger partial charge is 0.378 e. The van der Waals surface area contributed by atoms with E-state index in [1.165, 1.54) is 28.7 Å². The molecular weight excluding hydrogens is 420 g/mol. The molecule has 0 atom stereocenters. The van der Waals surface area contributed by atoms with Gasteiger partial charge in [0.15, 0.2) is 5.16 Å². The molecule has 154 valence electrons. The number of fused-ring (bicyclic) bond motifs is 1. The maximum Gasteiger partial charge on any atom is 0.268 e. The van der Waals surface area contributed by atoms with Crippen LogP contribution in [0.15, 0.2) is 45.7 Å². The van der Waals surface area contributed by atoms with Crippen LogP contribution in [0.25, 0.3) is 15.9 Å². The Hall–Kier alpha value is -2.69. The molecule has 10 heteroatoms. The lowest BCUT2D eigenvalue weighted by molar-refractivity contribution is 0.122. The summed E-state index contributed by atoms with van der Waals surface area (Å²) in [5, 5.41) is 11.6. The second-order valence-corrected chi connectivity index (χ2v) is 8.85. The summed E-state index contributed by atoms with van der Waals surface area (Å²) in [6, 6.07) is 10.2. The standard InChI is InChI=1S/C20H20N6O2S2/c1-13-2-4-14(5-3-13)26-19(25-7-9-28-10-8-25)23-24-20(26)30-12-16-21-15-6-11-29-17(15)18(27)22-16/h2-6,11H,7-10,12H2,1H3,(H,21,22,27). The number of thiophene rings is 1. The maximum atomic E-state index is 12.3. The smallest absolute Gasteiger partial charge is 0.268 e. The van der Waals surface area contributed by atoms with Gasteiger partial charge in [-0.05, 0) is 30.5 Å². The van der Waals surface area contributed by atoms with Crippen molar-refractivity contribution in [3.05, 3.63) is 57.5 Å². The normalized spacial score (nSPS) is 14.5. The second kappa shape index (κ2) is 8.21. The van der Waals surface area contributed by atoms with Crippen molar-refractivity contribution in [3.63, 3.8) is 0 Å². The summed E-state index contributed by atoms with van der Waals surface area (Å²) in [7, 11) is 0. The highest BCUT2D eigenvalue weighted by molar-refractivity contribution is 7.98. The van der Waals surface area contributed by atoms with Crippen LogP contribution in [0.3, 0.4) is 0 Å². The number of morpholine rings is 1. The van der Waals surface area contributed by atoms with Gasteiger partial charge in [0, 0.05) is 13.1 Å². The average Bonchev–Trinajstić information content (AvgIpc) is 3.41. The van der Waals surface area contributed by atoms with E-state index < -0.39 is 0 Å².